The Morgan fingerprint density at radius 3 is 2.74 bits per heavy atom. The van der Waals surface area contributed by atoms with Crippen LogP contribution in [0.4, 0.5) is 5.82 Å². The number of benzene rings is 1. The lowest BCUT2D eigenvalue weighted by molar-refractivity contribution is 0.0737. The Bertz CT molecular complexity index is 797. The van der Waals surface area contributed by atoms with Crippen LogP contribution in [0, 0.1) is 0 Å². The number of nitrogens with two attached hydrogens (primary N) is 1. The number of carbonyl (C=O) groups is 1. The lowest BCUT2D eigenvalue weighted by Gasteiger charge is -2.23. The van der Waals surface area contributed by atoms with Crippen LogP contribution in [0.25, 0.3) is 11.1 Å². The van der Waals surface area contributed by atoms with E-state index in [9.17, 15) is 4.79 Å². The summed E-state index contributed by atoms with van der Waals surface area (Å²) in [7, 11) is 1.75. The molecule has 0 saturated carbocycles. The Hall–Kier alpha value is -2.67. The first-order valence-electron chi connectivity index (χ1n) is 7.15. The first-order valence-corrected chi connectivity index (χ1v) is 8.03. The summed E-state index contributed by atoms with van der Waals surface area (Å²) in [5.74, 6) is 0.144. The van der Waals surface area contributed by atoms with Gasteiger partial charge in [0, 0.05) is 18.6 Å². The molecule has 7 heteroatoms. The molecular formula is C16H17N5OS. The minimum Gasteiger partial charge on any atom is -0.382 e. The largest absolute Gasteiger partial charge is 0.382 e. The monoisotopic (exact) mass is 327 g/mol. The van der Waals surface area contributed by atoms with Gasteiger partial charge in [-0.3, -0.25) is 9.89 Å². The van der Waals surface area contributed by atoms with Gasteiger partial charge in [-0.25, -0.2) is 4.98 Å². The minimum absolute atomic E-state index is 0.129. The molecule has 3 N–H and O–H groups in total. The van der Waals surface area contributed by atoms with Gasteiger partial charge in [0.05, 0.1) is 11.6 Å². The van der Waals surface area contributed by atoms with Crippen LogP contribution in [0.1, 0.15) is 28.5 Å². The maximum Gasteiger partial charge on any atom is 0.272 e. The third-order valence-electron chi connectivity index (χ3n) is 3.78. The van der Waals surface area contributed by atoms with Crippen molar-refractivity contribution >= 4 is 23.1 Å². The van der Waals surface area contributed by atoms with Crippen molar-refractivity contribution in [3.05, 3.63) is 52.6 Å². The van der Waals surface area contributed by atoms with Gasteiger partial charge in [-0.15, -0.1) is 11.3 Å². The molecule has 1 atom stereocenters. The van der Waals surface area contributed by atoms with Crippen molar-refractivity contribution < 1.29 is 4.79 Å². The summed E-state index contributed by atoms with van der Waals surface area (Å²) < 4.78 is 0. The lowest BCUT2D eigenvalue weighted by atomic mass is 10.0. The van der Waals surface area contributed by atoms with Crippen molar-refractivity contribution in [2.24, 2.45) is 0 Å². The molecule has 0 spiro atoms. The molecule has 2 aromatic heterocycles. The predicted molar refractivity (Wildman–Crippen MR) is 91.1 cm³/mol. The summed E-state index contributed by atoms with van der Waals surface area (Å²) in [6.07, 6.45) is 1.73. The van der Waals surface area contributed by atoms with Crippen LogP contribution in [0.5, 0.6) is 0 Å². The maximum atomic E-state index is 12.9. The quantitative estimate of drug-likeness (QED) is 0.771. The van der Waals surface area contributed by atoms with E-state index in [1.807, 2.05) is 42.6 Å². The molecule has 0 bridgehead atoms. The number of anilines is 1. The van der Waals surface area contributed by atoms with E-state index < -0.39 is 0 Å². The molecule has 0 fully saturated rings. The number of nitrogen functional groups attached to an aromatic ring is 1. The van der Waals surface area contributed by atoms with E-state index in [1.54, 1.807) is 18.1 Å². The number of aromatic nitrogens is 3. The van der Waals surface area contributed by atoms with Crippen LogP contribution in [0.3, 0.4) is 0 Å². The van der Waals surface area contributed by atoms with Crippen LogP contribution in [0.15, 0.2) is 41.9 Å². The first-order chi connectivity index (χ1) is 11.1. The fourth-order valence-corrected chi connectivity index (χ4v) is 3.10. The van der Waals surface area contributed by atoms with E-state index in [0.29, 0.717) is 17.1 Å². The standard InChI is InChI=1S/C16H17N5OS/c1-10(15-18-8-9-23-15)21(2)16(22)13-12(14(17)20-19-13)11-6-4-3-5-7-11/h3-10H,1-2H3,(H3,17,19,20)/t10-/m1/s1. The Labute approximate surface area is 138 Å². The number of rotatable bonds is 4. The molecular weight excluding hydrogens is 310 g/mol. The maximum absolute atomic E-state index is 12.9. The van der Waals surface area contributed by atoms with Gasteiger partial charge in [-0.1, -0.05) is 30.3 Å². The highest BCUT2D eigenvalue weighted by atomic mass is 32.1. The number of carbonyl (C=O) groups excluding carboxylic acids is 1. The van der Waals surface area contributed by atoms with Crippen LogP contribution >= 0.6 is 11.3 Å². The normalized spacial score (nSPS) is 12.1. The van der Waals surface area contributed by atoms with E-state index in [0.717, 1.165) is 10.6 Å². The van der Waals surface area contributed by atoms with Gasteiger partial charge in [0.2, 0.25) is 0 Å². The van der Waals surface area contributed by atoms with Crippen molar-refractivity contribution in [3.8, 4) is 11.1 Å². The van der Waals surface area contributed by atoms with Gasteiger partial charge >= 0.3 is 0 Å². The molecule has 0 aliphatic heterocycles. The van der Waals surface area contributed by atoms with Crippen LogP contribution in [-0.4, -0.2) is 33.0 Å². The van der Waals surface area contributed by atoms with E-state index >= 15 is 0 Å². The first kappa shape index (κ1) is 15.2. The number of H-pyrrole nitrogens is 1. The molecule has 0 radical (unpaired) electrons. The van der Waals surface area contributed by atoms with Crippen molar-refractivity contribution in [2.45, 2.75) is 13.0 Å². The SMILES string of the molecule is C[C@H](c1nccs1)N(C)C(=O)c1[nH]nc(N)c1-c1ccccc1. The molecule has 3 rings (SSSR count). The second-order valence-corrected chi connectivity index (χ2v) is 6.11. The number of nitrogens with one attached hydrogen (secondary N) is 1. The van der Waals surface area contributed by atoms with Crippen LogP contribution in [-0.2, 0) is 0 Å². The van der Waals surface area contributed by atoms with Crippen molar-refractivity contribution in [2.75, 3.05) is 12.8 Å². The molecule has 118 valence electrons. The third kappa shape index (κ3) is 2.83. The summed E-state index contributed by atoms with van der Waals surface area (Å²) in [5, 5.41) is 9.56. The number of thiazole rings is 1. The molecule has 0 saturated heterocycles. The topological polar surface area (TPSA) is 87.9 Å². The smallest absolute Gasteiger partial charge is 0.272 e. The average molecular weight is 327 g/mol. The van der Waals surface area contributed by atoms with Crippen molar-refractivity contribution in [1.29, 1.82) is 0 Å². The van der Waals surface area contributed by atoms with E-state index in [1.165, 1.54) is 11.3 Å². The Morgan fingerprint density at radius 2 is 2.09 bits per heavy atom. The van der Waals surface area contributed by atoms with E-state index in [4.69, 9.17) is 5.73 Å². The summed E-state index contributed by atoms with van der Waals surface area (Å²) >= 11 is 1.52. The van der Waals surface area contributed by atoms with Gasteiger partial charge in [-0.05, 0) is 12.5 Å². The number of amides is 1. The number of hydrogen-bond acceptors (Lipinski definition) is 5. The Balaban J connectivity index is 1.95. The van der Waals surface area contributed by atoms with Crippen molar-refractivity contribution in [1.82, 2.24) is 20.1 Å². The highest BCUT2D eigenvalue weighted by Gasteiger charge is 2.26. The molecule has 23 heavy (non-hydrogen) atoms. The second-order valence-electron chi connectivity index (χ2n) is 5.19. The Kier molecular flexibility index (Phi) is 4.12. The summed E-state index contributed by atoms with van der Waals surface area (Å²) in [6.45, 7) is 1.94. The third-order valence-corrected chi connectivity index (χ3v) is 4.73. The van der Waals surface area contributed by atoms with Gasteiger partial charge in [0.15, 0.2) is 5.82 Å². The van der Waals surface area contributed by atoms with Crippen LogP contribution in [0.2, 0.25) is 0 Å². The zero-order valence-corrected chi connectivity index (χ0v) is 13.7. The molecule has 0 unspecified atom stereocenters. The van der Waals surface area contributed by atoms with E-state index in [-0.39, 0.29) is 11.9 Å². The summed E-state index contributed by atoms with van der Waals surface area (Å²) in [4.78, 5) is 18.8. The molecule has 1 amide bonds. The highest BCUT2D eigenvalue weighted by Crippen LogP contribution is 2.30. The van der Waals surface area contributed by atoms with Gasteiger partial charge in [0.25, 0.3) is 5.91 Å². The molecule has 0 aliphatic carbocycles. The number of hydrogen-bond donors (Lipinski definition) is 2. The molecule has 3 aromatic rings. The zero-order chi connectivity index (χ0) is 16.4. The lowest BCUT2D eigenvalue weighted by Crippen LogP contribution is -2.30. The summed E-state index contributed by atoms with van der Waals surface area (Å²) in [6, 6.07) is 9.40. The molecule has 1 aromatic carbocycles. The second kappa shape index (κ2) is 6.21. The van der Waals surface area contributed by atoms with Gasteiger partial charge in [-0.2, -0.15) is 5.10 Å². The van der Waals surface area contributed by atoms with Gasteiger partial charge in [0.1, 0.15) is 10.7 Å². The number of aromatic amines is 1. The fraction of sp³-hybridized carbons (Fsp3) is 0.188. The average Bonchev–Trinajstić information content (AvgIpc) is 3.23. The number of nitrogens with zero attached hydrogens (tertiary/aromatic N) is 3. The summed E-state index contributed by atoms with van der Waals surface area (Å²) in [5.41, 5.74) is 7.84. The van der Waals surface area contributed by atoms with Crippen LogP contribution < -0.4 is 5.73 Å². The predicted octanol–water partition coefficient (Wildman–Crippen LogP) is 2.95. The molecule has 6 nitrogen and oxygen atoms in total. The zero-order valence-electron chi connectivity index (χ0n) is 12.9. The van der Waals surface area contributed by atoms with Crippen molar-refractivity contribution in [3.63, 3.8) is 0 Å². The highest BCUT2D eigenvalue weighted by molar-refractivity contribution is 7.09. The molecule has 2 heterocycles. The Morgan fingerprint density at radius 1 is 1.35 bits per heavy atom. The molecule has 0 aliphatic rings. The fourth-order valence-electron chi connectivity index (χ4n) is 2.37. The van der Waals surface area contributed by atoms with Gasteiger partial charge < -0.3 is 10.6 Å². The van der Waals surface area contributed by atoms with E-state index in [2.05, 4.69) is 15.2 Å². The minimum atomic E-state index is -0.171.